The van der Waals surface area contributed by atoms with Crippen LogP contribution in [-0.2, 0) is 9.53 Å². The van der Waals surface area contributed by atoms with Gasteiger partial charge in [0.2, 0.25) is 0 Å². The van der Waals surface area contributed by atoms with E-state index in [1.165, 1.54) is 0 Å². The van der Waals surface area contributed by atoms with Crippen molar-refractivity contribution in [1.29, 1.82) is 0 Å². The van der Waals surface area contributed by atoms with Gasteiger partial charge in [0.1, 0.15) is 10.6 Å². The number of hydrogen-bond acceptors (Lipinski definition) is 2. The minimum Gasteiger partial charge on any atom is -0.460 e. The Labute approximate surface area is 118 Å². The Kier molecular flexibility index (Phi) is 4.85. The van der Waals surface area contributed by atoms with E-state index in [0.717, 1.165) is 19.3 Å². The summed E-state index contributed by atoms with van der Waals surface area (Å²) in [5.74, 6) is -0.323. The first-order valence-corrected chi connectivity index (χ1v) is 10.9. The third kappa shape index (κ3) is 3.76. The fraction of sp³-hybridized carbons (Fsp3) is 0.909. The van der Waals surface area contributed by atoms with Crippen molar-refractivity contribution in [2.45, 2.75) is 63.5 Å². The first-order valence-electron chi connectivity index (χ1n) is 5.89. The van der Waals surface area contributed by atoms with Crippen molar-refractivity contribution in [2.24, 2.45) is 0 Å². The molecule has 100 valence electrons. The quantitative estimate of drug-likeness (QED) is 0.419. The van der Waals surface area contributed by atoms with Gasteiger partial charge in [0.05, 0.1) is 0 Å². The van der Waals surface area contributed by atoms with Crippen LogP contribution < -0.4 is 0 Å². The van der Waals surface area contributed by atoms with Gasteiger partial charge in [-0.25, -0.2) is 0 Å². The first kappa shape index (κ1) is 15.6. The van der Waals surface area contributed by atoms with Crippen LogP contribution >= 0.6 is 33.2 Å². The Balaban J connectivity index is 2.95. The molecule has 0 aliphatic heterocycles. The molecule has 1 aliphatic rings. The van der Waals surface area contributed by atoms with Crippen LogP contribution in [0.2, 0.25) is 5.04 Å². The Morgan fingerprint density at radius 1 is 1.12 bits per heavy atom. The standard InChI is InChI=1S/C11H19Cl3O2Si/c1-10(2,3)16-9(15)11(17(12,13)14)7-5-4-6-8-11/h4-8H2,1-3H3. The number of ether oxygens (including phenoxy) is 1. The Bertz CT molecular complexity index is 288. The van der Waals surface area contributed by atoms with Crippen molar-refractivity contribution in [3.63, 3.8) is 0 Å². The molecule has 1 fully saturated rings. The molecule has 0 radical (unpaired) electrons. The lowest BCUT2D eigenvalue weighted by molar-refractivity contribution is -0.160. The van der Waals surface area contributed by atoms with Crippen molar-refractivity contribution in [3.05, 3.63) is 0 Å². The summed E-state index contributed by atoms with van der Waals surface area (Å²) in [5, 5.41) is -0.844. The monoisotopic (exact) mass is 316 g/mol. The van der Waals surface area contributed by atoms with Crippen LogP contribution in [0, 0.1) is 0 Å². The summed E-state index contributed by atoms with van der Waals surface area (Å²) in [6, 6.07) is -3.13. The molecule has 0 N–H and O–H groups in total. The summed E-state index contributed by atoms with van der Waals surface area (Å²) in [4.78, 5) is 12.3. The minimum absolute atomic E-state index is 0.323. The van der Waals surface area contributed by atoms with Crippen molar-refractivity contribution >= 4 is 45.2 Å². The molecule has 1 saturated carbocycles. The minimum atomic E-state index is -3.13. The van der Waals surface area contributed by atoms with Crippen LogP contribution in [0.25, 0.3) is 0 Å². The molecule has 17 heavy (non-hydrogen) atoms. The zero-order chi connectivity index (χ0) is 13.3. The maximum absolute atomic E-state index is 12.3. The molecular formula is C11H19Cl3O2Si. The van der Waals surface area contributed by atoms with Gasteiger partial charge >= 0.3 is 12.0 Å². The predicted molar refractivity (Wildman–Crippen MR) is 74.9 cm³/mol. The zero-order valence-corrected chi connectivity index (χ0v) is 13.8. The summed E-state index contributed by atoms with van der Waals surface area (Å²) in [5.41, 5.74) is -0.536. The lowest BCUT2D eigenvalue weighted by Gasteiger charge is -2.40. The SMILES string of the molecule is CC(C)(C)OC(=O)C1([Si](Cl)(Cl)Cl)CCCCC1. The summed E-state index contributed by atoms with van der Waals surface area (Å²) >= 11 is 18.5. The van der Waals surface area contributed by atoms with Gasteiger partial charge in [0.15, 0.2) is 0 Å². The molecule has 0 aromatic rings. The Morgan fingerprint density at radius 2 is 1.59 bits per heavy atom. The fourth-order valence-corrected chi connectivity index (χ4v) is 5.73. The average molecular weight is 318 g/mol. The van der Waals surface area contributed by atoms with Gasteiger partial charge in [0, 0.05) is 0 Å². The third-order valence-electron chi connectivity index (χ3n) is 3.04. The second-order valence-corrected chi connectivity index (χ2v) is 14.4. The zero-order valence-electron chi connectivity index (χ0n) is 10.5. The highest BCUT2D eigenvalue weighted by Crippen LogP contribution is 2.56. The third-order valence-corrected chi connectivity index (χ3v) is 8.08. The van der Waals surface area contributed by atoms with Gasteiger partial charge in [-0.3, -0.25) is 4.79 Å². The van der Waals surface area contributed by atoms with Crippen LogP contribution in [0.5, 0.6) is 0 Å². The summed E-state index contributed by atoms with van der Waals surface area (Å²) in [7, 11) is 0. The average Bonchev–Trinajstić information content (AvgIpc) is 2.14. The molecule has 0 spiro atoms. The van der Waals surface area contributed by atoms with Crippen LogP contribution in [-0.4, -0.2) is 17.6 Å². The maximum atomic E-state index is 12.3. The second kappa shape index (κ2) is 5.28. The van der Waals surface area contributed by atoms with E-state index in [1.807, 2.05) is 20.8 Å². The van der Waals surface area contributed by atoms with E-state index >= 15 is 0 Å². The number of hydrogen-bond donors (Lipinski definition) is 0. The number of esters is 1. The van der Waals surface area contributed by atoms with Crippen LogP contribution in [0.1, 0.15) is 52.9 Å². The molecule has 1 rings (SSSR count). The molecule has 0 aromatic heterocycles. The molecular weight excluding hydrogens is 299 g/mol. The number of carbonyl (C=O) groups is 1. The molecule has 2 nitrogen and oxygen atoms in total. The normalized spacial score (nSPS) is 21.1. The van der Waals surface area contributed by atoms with Crippen molar-refractivity contribution in [2.75, 3.05) is 0 Å². The highest BCUT2D eigenvalue weighted by Gasteiger charge is 2.58. The van der Waals surface area contributed by atoms with Gasteiger partial charge in [-0.15, -0.1) is 33.2 Å². The van der Waals surface area contributed by atoms with Gasteiger partial charge in [-0.2, -0.15) is 0 Å². The number of rotatable bonds is 2. The second-order valence-electron chi connectivity index (χ2n) is 5.64. The van der Waals surface area contributed by atoms with Crippen molar-refractivity contribution < 1.29 is 9.53 Å². The molecule has 0 atom stereocenters. The van der Waals surface area contributed by atoms with Crippen LogP contribution in [0.3, 0.4) is 0 Å². The Morgan fingerprint density at radius 3 is 1.94 bits per heavy atom. The topological polar surface area (TPSA) is 26.3 Å². The van der Waals surface area contributed by atoms with Crippen LogP contribution in [0.15, 0.2) is 0 Å². The number of carbonyl (C=O) groups excluding carboxylic acids is 1. The van der Waals surface area contributed by atoms with E-state index in [2.05, 4.69) is 0 Å². The van der Waals surface area contributed by atoms with E-state index in [9.17, 15) is 4.79 Å². The van der Waals surface area contributed by atoms with Gasteiger partial charge in [-0.05, 0) is 33.6 Å². The van der Waals surface area contributed by atoms with Gasteiger partial charge in [0.25, 0.3) is 0 Å². The molecule has 6 heteroatoms. The molecule has 0 amide bonds. The van der Waals surface area contributed by atoms with E-state index in [0.29, 0.717) is 12.8 Å². The molecule has 0 saturated heterocycles. The van der Waals surface area contributed by atoms with Crippen molar-refractivity contribution in [3.8, 4) is 0 Å². The molecule has 1 aliphatic carbocycles. The fourth-order valence-electron chi connectivity index (χ4n) is 2.13. The summed E-state index contributed by atoms with van der Waals surface area (Å²) in [6.45, 7) is 5.50. The molecule has 0 unspecified atom stereocenters. The predicted octanol–water partition coefficient (Wildman–Crippen LogP) is 4.69. The Hall–Kier alpha value is 0.557. The van der Waals surface area contributed by atoms with Crippen LogP contribution in [0.4, 0.5) is 0 Å². The van der Waals surface area contributed by atoms with Gasteiger partial charge in [-0.1, -0.05) is 19.3 Å². The van der Waals surface area contributed by atoms with Crippen molar-refractivity contribution in [1.82, 2.24) is 0 Å². The van der Waals surface area contributed by atoms with E-state index in [1.54, 1.807) is 0 Å². The molecule has 0 bridgehead atoms. The van der Waals surface area contributed by atoms with Gasteiger partial charge < -0.3 is 4.74 Å². The molecule has 0 aromatic carbocycles. The first-order chi connectivity index (χ1) is 7.58. The highest BCUT2D eigenvalue weighted by molar-refractivity contribution is 7.66. The van der Waals surface area contributed by atoms with E-state index < -0.39 is 16.6 Å². The number of halogens is 3. The lowest BCUT2D eigenvalue weighted by Crippen LogP contribution is -2.45. The highest BCUT2D eigenvalue weighted by atomic mass is 35.8. The maximum Gasteiger partial charge on any atom is 0.357 e. The lowest BCUT2D eigenvalue weighted by atomic mass is 9.88. The summed E-state index contributed by atoms with van der Waals surface area (Å²) < 4.78 is 5.45. The van der Waals surface area contributed by atoms with E-state index in [4.69, 9.17) is 38.0 Å². The largest absolute Gasteiger partial charge is 0.460 e. The van der Waals surface area contributed by atoms with E-state index in [-0.39, 0.29) is 5.97 Å². The molecule has 0 heterocycles. The summed E-state index contributed by atoms with van der Waals surface area (Å²) in [6.07, 6.45) is 4.25. The smallest absolute Gasteiger partial charge is 0.357 e.